The molecule has 0 aromatic heterocycles. The van der Waals surface area contributed by atoms with Gasteiger partial charge in [0.1, 0.15) is 6.29 Å². The molecule has 0 saturated carbocycles. The molecule has 0 unspecified atom stereocenters. The number of nitrogens with zero attached hydrogens (tertiary/aromatic N) is 1. The highest BCUT2D eigenvalue weighted by Gasteiger charge is 2.08. The molecule has 0 fully saturated rings. The molecule has 0 bridgehead atoms. The number of fused-ring (bicyclic) bond motifs is 1. The van der Waals surface area contributed by atoms with Crippen LogP contribution in [0.5, 0.6) is 0 Å². The summed E-state index contributed by atoms with van der Waals surface area (Å²) in [6.07, 6.45) is 10.4. The maximum atomic E-state index is 11.0. The summed E-state index contributed by atoms with van der Waals surface area (Å²) in [5.41, 5.74) is 2.00. The normalized spacial score (nSPS) is 11.0. The Morgan fingerprint density at radius 1 is 0.704 bits per heavy atom. The first kappa shape index (κ1) is 22.0. The molecule has 0 aliphatic heterocycles. The van der Waals surface area contributed by atoms with E-state index in [-0.39, 0.29) is 0 Å². The van der Waals surface area contributed by atoms with E-state index >= 15 is 0 Å². The quantitative estimate of drug-likeness (QED) is 0.189. The molecule has 0 atom stereocenters. The minimum Gasteiger partial charge on any atom is -0.372 e. The van der Waals surface area contributed by atoms with Crippen LogP contribution in [0.2, 0.25) is 0 Å². The average Bonchev–Trinajstić information content (AvgIpc) is 2.71. The smallest absolute Gasteiger partial charge is 0.150 e. The van der Waals surface area contributed by atoms with Crippen molar-refractivity contribution in [3.63, 3.8) is 0 Å². The topological polar surface area (TPSA) is 20.3 Å². The summed E-state index contributed by atoms with van der Waals surface area (Å²) in [6, 6.07) is 12.5. The zero-order chi connectivity index (χ0) is 19.3. The molecule has 0 aliphatic rings. The van der Waals surface area contributed by atoms with Crippen molar-refractivity contribution in [1.82, 2.24) is 0 Å². The van der Waals surface area contributed by atoms with Crippen LogP contribution in [0.15, 0.2) is 36.4 Å². The van der Waals surface area contributed by atoms with Crippen LogP contribution < -0.4 is 4.90 Å². The number of anilines is 1. The highest BCUT2D eigenvalue weighted by Crippen LogP contribution is 2.24. The zero-order valence-corrected chi connectivity index (χ0v) is 17.6. The number of benzene rings is 2. The van der Waals surface area contributed by atoms with E-state index in [9.17, 15) is 4.79 Å². The number of hydrogen-bond acceptors (Lipinski definition) is 2. The molecular weight excluding hydrogens is 377 g/mol. The van der Waals surface area contributed by atoms with Crippen LogP contribution in [0.1, 0.15) is 61.7 Å². The third-order valence-electron chi connectivity index (χ3n) is 4.97. The molecule has 2 nitrogen and oxygen atoms in total. The summed E-state index contributed by atoms with van der Waals surface area (Å²) in [4.78, 5) is 13.5. The molecule has 27 heavy (non-hydrogen) atoms. The number of carbonyl (C=O) groups excluding carboxylic acids is 1. The predicted octanol–water partition coefficient (Wildman–Crippen LogP) is 7.06. The fraction of sp³-hybridized carbons (Fsp3) is 0.522. The minimum absolute atomic E-state index is 0.727. The van der Waals surface area contributed by atoms with Crippen LogP contribution in [0.25, 0.3) is 10.8 Å². The van der Waals surface area contributed by atoms with Gasteiger partial charge in [0.15, 0.2) is 0 Å². The molecule has 0 saturated heterocycles. The van der Waals surface area contributed by atoms with Crippen LogP contribution in [0, 0.1) is 0 Å². The molecule has 4 heteroatoms. The highest BCUT2D eigenvalue weighted by atomic mass is 35.5. The molecule has 0 N–H and O–H groups in total. The first-order chi connectivity index (χ1) is 13.3. The Balaban J connectivity index is 2.03. The largest absolute Gasteiger partial charge is 0.372 e. The van der Waals surface area contributed by atoms with Crippen molar-refractivity contribution >= 4 is 45.9 Å². The molecule has 0 heterocycles. The van der Waals surface area contributed by atoms with Gasteiger partial charge in [0.2, 0.25) is 0 Å². The summed E-state index contributed by atoms with van der Waals surface area (Å²) >= 11 is 11.6. The lowest BCUT2D eigenvalue weighted by molar-refractivity contribution is 0.112. The van der Waals surface area contributed by atoms with Crippen molar-refractivity contribution in [1.29, 1.82) is 0 Å². The first-order valence-corrected chi connectivity index (χ1v) is 11.2. The SMILES string of the molecule is O=Cc1ccc2cc(N(CCCCCCCl)CCCCCCCl)ccc2c1. The monoisotopic (exact) mass is 407 g/mol. The van der Waals surface area contributed by atoms with E-state index < -0.39 is 0 Å². The predicted molar refractivity (Wildman–Crippen MR) is 120 cm³/mol. The number of alkyl halides is 2. The van der Waals surface area contributed by atoms with Gasteiger partial charge in [-0.15, -0.1) is 23.2 Å². The molecule has 148 valence electrons. The Labute approximate surface area is 173 Å². The van der Waals surface area contributed by atoms with Crippen LogP contribution in [0.3, 0.4) is 0 Å². The van der Waals surface area contributed by atoms with Crippen LogP contribution in [0.4, 0.5) is 5.69 Å². The molecular formula is C23H31Cl2NO. The number of rotatable bonds is 14. The lowest BCUT2D eigenvalue weighted by Crippen LogP contribution is -2.25. The van der Waals surface area contributed by atoms with Crippen molar-refractivity contribution in [2.24, 2.45) is 0 Å². The lowest BCUT2D eigenvalue weighted by atomic mass is 10.1. The van der Waals surface area contributed by atoms with Crippen LogP contribution in [-0.4, -0.2) is 31.1 Å². The number of hydrogen-bond donors (Lipinski definition) is 0. The van der Waals surface area contributed by atoms with E-state index in [0.717, 1.165) is 54.9 Å². The van der Waals surface area contributed by atoms with E-state index in [1.807, 2.05) is 18.2 Å². The second-order valence-electron chi connectivity index (χ2n) is 7.10. The van der Waals surface area contributed by atoms with Gasteiger partial charge in [-0.25, -0.2) is 0 Å². The van der Waals surface area contributed by atoms with E-state index in [1.54, 1.807) is 0 Å². The second kappa shape index (κ2) is 13.0. The second-order valence-corrected chi connectivity index (χ2v) is 7.86. The molecule has 0 amide bonds. The van der Waals surface area contributed by atoms with Gasteiger partial charge in [-0.1, -0.05) is 43.9 Å². The van der Waals surface area contributed by atoms with E-state index in [0.29, 0.717) is 0 Å². The van der Waals surface area contributed by atoms with E-state index in [2.05, 4.69) is 23.1 Å². The van der Waals surface area contributed by atoms with E-state index in [1.165, 1.54) is 49.6 Å². The van der Waals surface area contributed by atoms with Gasteiger partial charge >= 0.3 is 0 Å². The van der Waals surface area contributed by atoms with Gasteiger partial charge in [-0.05, 0) is 54.7 Å². The fourth-order valence-corrected chi connectivity index (χ4v) is 3.77. The van der Waals surface area contributed by atoms with Crippen molar-refractivity contribution in [3.05, 3.63) is 42.0 Å². The molecule has 2 aromatic carbocycles. The summed E-state index contributed by atoms with van der Waals surface area (Å²) in [5, 5.41) is 2.31. The standard InChI is InChI=1S/C23H31Cl2NO/c24-13-5-1-3-7-15-26(16-8-4-2-6-14-25)23-12-11-21-17-20(19-27)9-10-22(21)18-23/h9-12,17-19H,1-8,13-16H2. The van der Waals surface area contributed by atoms with Gasteiger partial charge in [0, 0.05) is 36.1 Å². The third-order valence-corrected chi connectivity index (χ3v) is 5.51. The lowest BCUT2D eigenvalue weighted by Gasteiger charge is -2.25. The average molecular weight is 408 g/mol. The Morgan fingerprint density at radius 2 is 1.26 bits per heavy atom. The van der Waals surface area contributed by atoms with Crippen LogP contribution >= 0.6 is 23.2 Å². The van der Waals surface area contributed by atoms with Crippen molar-refractivity contribution in [2.45, 2.75) is 51.4 Å². The number of unbranched alkanes of at least 4 members (excludes halogenated alkanes) is 6. The Bertz CT molecular complexity index is 675. The van der Waals surface area contributed by atoms with Crippen molar-refractivity contribution < 1.29 is 4.79 Å². The Morgan fingerprint density at radius 3 is 1.85 bits per heavy atom. The zero-order valence-electron chi connectivity index (χ0n) is 16.1. The maximum absolute atomic E-state index is 11.0. The molecule has 0 aliphatic carbocycles. The summed E-state index contributed by atoms with van der Waals surface area (Å²) < 4.78 is 0. The Hall–Kier alpha value is -1.25. The number of halogens is 2. The minimum atomic E-state index is 0.727. The Kier molecular flexibility index (Phi) is 10.6. The van der Waals surface area contributed by atoms with Crippen molar-refractivity contribution in [3.8, 4) is 0 Å². The van der Waals surface area contributed by atoms with Gasteiger partial charge < -0.3 is 4.90 Å². The first-order valence-electron chi connectivity index (χ1n) is 10.1. The van der Waals surface area contributed by atoms with Gasteiger partial charge in [-0.2, -0.15) is 0 Å². The maximum Gasteiger partial charge on any atom is 0.150 e. The summed E-state index contributed by atoms with van der Waals surface area (Å²) in [6.45, 7) is 2.16. The fourth-order valence-electron chi connectivity index (χ4n) is 3.39. The van der Waals surface area contributed by atoms with Gasteiger partial charge in [0.05, 0.1) is 0 Å². The van der Waals surface area contributed by atoms with Gasteiger partial charge in [0.25, 0.3) is 0 Å². The third kappa shape index (κ3) is 7.71. The molecule has 2 aromatic rings. The molecule has 2 rings (SSSR count). The molecule has 0 spiro atoms. The number of aldehydes is 1. The van der Waals surface area contributed by atoms with E-state index in [4.69, 9.17) is 23.2 Å². The van der Waals surface area contributed by atoms with Crippen molar-refractivity contribution in [2.75, 3.05) is 29.7 Å². The van der Waals surface area contributed by atoms with Crippen LogP contribution in [-0.2, 0) is 0 Å². The molecule has 0 radical (unpaired) electrons. The summed E-state index contributed by atoms with van der Waals surface area (Å²) in [7, 11) is 0. The number of carbonyl (C=O) groups is 1. The van der Waals surface area contributed by atoms with Gasteiger partial charge in [-0.3, -0.25) is 4.79 Å². The summed E-state index contributed by atoms with van der Waals surface area (Å²) in [5.74, 6) is 1.52. The highest BCUT2D eigenvalue weighted by molar-refractivity contribution is 6.18.